The predicted molar refractivity (Wildman–Crippen MR) is 72.4 cm³/mol. The van der Waals surface area contributed by atoms with Gasteiger partial charge in [0.2, 0.25) is 10.0 Å². The third-order valence-electron chi connectivity index (χ3n) is 2.72. The molecule has 20 heavy (non-hydrogen) atoms. The zero-order valence-corrected chi connectivity index (χ0v) is 11.9. The van der Waals surface area contributed by atoms with Crippen LogP contribution in [-0.2, 0) is 14.8 Å². The topological polar surface area (TPSA) is 107 Å². The van der Waals surface area contributed by atoms with E-state index in [2.05, 4.69) is 4.72 Å². The minimum atomic E-state index is -3.95. The molecule has 1 unspecified atom stereocenters. The van der Waals surface area contributed by atoms with E-state index in [0.717, 1.165) is 6.42 Å². The van der Waals surface area contributed by atoms with Crippen LogP contribution in [0.3, 0.4) is 0 Å². The molecule has 0 aromatic heterocycles. The van der Waals surface area contributed by atoms with Crippen LogP contribution in [0.1, 0.15) is 31.7 Å². The van der Waals surface area contributed by atoms with Gasteiger partial charge in [0.15, 0.2) is 0 Å². The SMILES string of the molecule is CCCCC(NS(=O)(=O)c1cccc(C#N)c1)C(=O)O. The minimum Gasteiger partial charge on any atom is -0.480 e. The van der Waals surface area contributed by atoms with Crippen molar-refractivity contribution in [1.29, 1.82) is 5.26 Å². The lowest BCUT2D eigenvalue weighted by Gasteiger charge is -2.14. The second-order valence-corrected chi connectivity index (χ2v) is 6.01. The summed E-state index contributed by atoms with van der Waals surface area (Å²) in [6.45, 7) is 1.89. The van der Waals surface area contributed by atoms with Gasteiger partial charge in [-0.3, -0.25) is 4.79 Å². The Balaban J connectivity index is 2.97. The second-order valence-electron chi connectivity index (χ2n) is 4.29. The molecule has 0 saturated heterocycles. The van der Waals surface area contributed by atoms with Crippen molar-refractivity contribution in [3.63, 3.8) is 0 Å². The quantitative estimate of drug-likeness (QED) is 0.792. The maximum absolute atomic E-state index is 12.1. The van der Waals surface area contributed by atoms with Gasteiger partial charge in [0.25, 0.3) is 0 Å². The number of sulfonamides is 1. The lowest BCUT2D eigenvalue weighted by molar-refractivity contribution is -0.139. The number of nitrogens with zero attached hydrogens (tertiary/aromatic N) is 1. The standard InChI is InChI=1S/C13H16N2O4S/c1-2-3-7-12(13(16)17)15-20(18,19)11-6-4-5-10(8-11)9-14/h4-6,8,12,15H,2-3,7H2,1H3,(H,16,17). The smallest absolute Gasteiger partial charge is 0.321 e. The van der Waals surface area contributed by atoms with Crippen molar-refractivity contribution in [3.05, 3.63) is 29.8 Å². The van der Waals surface area contributed by atoms with Crippen LogP contribution in [0.5, 0.6) is 0 Å². The molecule has 7 heteroatoms. The van der Waals surface area contributed by atoms with Crippen LogP contribution >= 0.6 is 0 Å². The van der Waals surface area contributed by atoms with E-state index in [0.29, 0.717) is 6.42 Å². The number of hydrogen-bond acceptors (Lipinski definition) is 4. The number of carboxylic acid groups (broad SMARTS) is 1. The first-order valence-corrected chi connectivity index (χ1v) is 7.64. The number of rotatable bonds is 7. The van der Waals surface area contributed by atoms with Gasteiger partial charge in [-0.15, -0.1) is 0 Å². The lowest BCUT2D eigenvalue weighted by atomic mass is 10.1. The van der Waals surface area contributed by atoms with Gasteiger partial charge in [0, 0.05) is 0 Å². The van der Waals surface area contributed by atoms with Crippen molar-refractivity contribution in [1.82, 2.24) is 4.72 Å². The molecule has 0 aliphatic heterocycles. The van der Waals surface area contributed by atoms with Crippen LogP contribution in [0.4, 0.5) is 0 Å². The van der Waals surface area contributed by atoms with Crippen LogP contribution in [0.2, 0.25) is 0 Å². The number of hydrogen-bond donors (Lipinski definition) is 2. The summed E-state index contributed by atoms with van der Waals surface area (Å²) >= 11 is 0. The van der Waals surface area contributed by atoms with Gasteiger partial charge < -0.3 is 5.11 Å². The summed E-state index contributed by atoms with van der Waals surface area (Å²) in [5, 5.41) is 17.8. The summed E-state index contributed by atoms with van der Waals surface area (Å²) in [7, 11) is -3.95. The van der Waals surface area contributed by atoms with E-state index in [-0.39, 0.29) is 16.9 Å². The highest BCUT2D eigenvalue weighted by atomic mass is 32.2. The molecular weight excluding hydrogens is 280 g/mol. The number of carbonyl (C=O) groups is 1. The monoisotopic (exact) mass is 296 g/mol. The summed E-state index contributed by atoms with van der Waals surface area (Å²) in [5.74, 6) is -1.21. The summed E-state index contributed by atoms with van der Waals surface area (Å²) in [6.07, 6.45) is 1.61. The number of nitrogens with one attached hydrogen (secondary N) is 1. The largest absolute Gasteiger partial charge is 0.480 e. The number of aliphatic carboxylic acids is 1. The molecule has 1 aromatic carbocycles. The molecule has 0 heterocycles. The first kappa shape index (κ1) is 16.1. The molecule has 0 aliphatic carbocycles. The Morgan fingerprint density at radius 1 is 1.50 bits per heavy atom. The summed E-state index contributed by atoms with van der Waals surface area (Å²) in [6, 6.07) is 6.13. The molecule has 0 bridgehead atoms. The molecule has 0 fully saturated rings. The number of carboxylic acids is 1. The first-order valence-electron chi connectivity index (χ1n) is 6.16. The molecule has 1 rings (SSSR count). The molecule has 1 aromatic rings. The van der Waals surface area contributed by atoms with Gasteiger partial charge in [-0.1, -0.05) is 25.8 Å². The number of unbranched alkanes of at least 4 members (excludes halogenated alkanes) is 1. The van der Waals surface area contributed by atoms with Crippen LogP contribution in [0, 0.1) is 11.3 Å². The van der Waals surface area contributed by atoms with Crippen LogP contribution < -0.4 is 4.72 Å². The molecular formula is C13H16N2O4S. The van der Waals surface area contributed by atoms with E-state index < -0.39 is 22.0 Å². The average molecular weight is 296 g/mol. The van der Waals surface area contributed by atoms with E-state index >= 15 is 0 Å². The van der Waals surface area contributed by atoms with E-state index in [9.17, 15) is 13.2 Å². The van der Waals surface area contributed by atoms with Gasteiger partial charge >= 0.3 is 5.97 Å². The molecule has 6 nitrogen and oxygen atoms in total. The van der Waals surface area contributed by atoms with Gasteiger partial charge in [-0.2, -0.15) is 9.98 Å². The fourth-order valence-electron chi connectivity index (χ4n) is 1.63. The van der Waals surface area contributed by atoms with Crippen LogP contribution in [0.15, 0.2) is 29.2 Å². The Bertz CT molecular complexity index is 620. The van der Waals surface area contributed by atoms with Crippen molar-refractivity contribution in [3.8, 4) is 6.07 Å². The second kappa shape index (κ2) is 7.03. The third-order valence-corrected chi connectivity index (χ3v) is 4.18. The molecule has 0 aliphatic rings. The van der Waals surface area contributed by atoms with Crippen molar-refractivity contribution in [2.24, 2.45) is 0 Å². The fourth-order valence-corrected chi connectivity index (χ4v) is 2.90. The Hall–Kier alpha value is -1.91. The molecule has 0 spiro atoms. The maximum Gasteiger partial charge on any atom is 0.321 e. The van der Waals surface area contributed by atoms with Crippen molar-refractivity contribution >= 4 is 16.0 Å². The first-order chi connectivity index (χ1) is 9.40. The summed E-state index contributed by atoms with van der Waals surface area (Å²) < 4.78 is 26.3. The molecule has 1 atom stereocenters. The predicted octanol–water partition coefficient (Wildman–Crippen LogP) is 1.48. The number of nitriles is 1. The molecule has 2 N–H and O–H groups in total. The molecule has 0 saturated carbocycles. The Labute approximate surface area is 118 Å². The zero-order valence-electron chi connectivity index (χ0n) is 11.0. The molecule has 108 valence electrons. The van der Waals surface area contributed by atoms with Gasteiger partial charge in [0.1, 0.15) is 6.04 Å². The van der Waals surface area contributed by atoms with Crippen molar-refractivity contribution in [2.75, 3.05) is 0 Å². The van der Waals surface area contributed by atoms with Crippen LogP contribution in [-0.4, -0.2) is 25.5 Å². The Morgan fingerprint density at radius 3 is 2.75 bits per heavy atom. The summed E-state index contributed by atoms with van der Waals surface area (Å²) in [5.41, 5.74) is 0.202. The number of benzene rings is 1. The molecule has 0 amide bonds. The van der Waals surface area contributed by atoms with Gasteiger partial charge in [0.05, 0.1) is 16.5 Å². The van der Waals surface area contributed by atoms with E-state index in [1.54, 1.807) is 0 Å². The van der Waals surface area contributed by atoms with E-state index in [4.69, 9.17) is 10.4 Å². The van der Waals surface area contributed by atoms with E-state index in [1.165, 1.54) is 24.3 Å². The van der Waals surface area contributed by atoms with Crippen molar-refractivity contribution < 1.29 is 18.3 Å². The highest BCUT2D eigenvalue weighted by Gasteiger charge is 2.24. The van der Waals surface area contributed by atoms with E-state index in [1.807, 2.05) is 13.0 Å². The third kappa shape index (κ3) is 4.33. The zero-order chi connectivity index (χ0) is 15.2. The van der Waals surface area contributed by atoms with Gasteiger partial charge in [-0.05, 0) is 24.6 Å². The Morgan fingerprint density at radius 2 is 2.20 bits per heavy atom. The normalized spacial score (nSPS) is 12.6. The van der Waals surface area contributed by atoms with Crippen LogP contribution in [0.25, 0.3) is 0 Å². The molecule has 0 radical (unpaired) electrons. The highest BCUT2D eigenvalue weighted by Crippen LogP contribution is 2.13. The Kier molecular flexibility index (Phi) is 5.67. The van der Waals surface area contributed by atoms with Gasteiger partial charge in [-0.25, -0.2) is 8.42 Å². The highest BCUT2D eigenvalue weighted by molar-refractivity contribution is 7.89. The lowest BCUT2D eigenvalue weighted by Crippen LogP contribution is -2.40. The maximum atomic E-state index is 12.1. The minimum absolute atomic E-state index is 0.112. The fraction of sp³-hybridized carbons (Fsp3) is 0.385. The average Bonchev–Trinajstić information content (AvgIpc) is 2.43. The van der Waals surface area contributed by atoms with Crippen molar-refractivity contribution in [2.45, 2.75) is 37.1 Å². The summed E-state index contributed by atoms with van der Waals surface area (Å²) in [4.78, 5) is 10.9.